The van der Waals surface area contributed by atoms with Crippen LogP contribution in [0.3, 0.4) is 0 Å². The Kier molecular flexibility index (Phi) is 6.03. The van der Waals surface area contributed by atoms with Gasteiger partial charge in [-0.15, -0.1) is 0 Å². The van der Waals surface area contributed by atoms with Gasteiger partial charge in [0, 0.05) is 24.1 Å². The van der Waals surface area contributed by atoms with E-state index in [1.165, 1.54) is 29.8 Å². The number of rotatable bonds is 7. The maximum absolute atomic E-state index is 12.9. The van der Waals surface area contributed by atoms with Crippen LogP contribution < -0.4 is 4.74 Å². The number of ether oxygens (including phenoxy) is 1. The van der Waals surface area contributed by atoms with Crippen molar-refractivity contribution in [3.8, 4) is 17.1 Å². The van der Waals surface area contributed by atoms with Crippen molar-refractivity contribution in [3.05, 3.63) is 36.5 Å². The van der Waals surface area contributed by atoms with E-state index in [2.05, 4.69) is 15.0 Å². The molecule has 3 rings (SSSR count). The fourth-order valence-electron chi connectivity index (χ4n) is 2.49. The molecule has 7 nitrogen and oxygen atoms in total. The van der Waals surface area contributed by atoms with Gasteiger partial charge >= 0.3 is 6.18 Å². The van der Waals surface area contributed by atoms with E-state index in [-0.39, 0.29) is 27.7 Å². The molecule has 3 aromatic rings. The number of halogens is 3. The van der Waals surface area contributed by atoms with Gasteiger partial charge in [-0.25, -0.2) is 23.4 Å². The summed E-state index contributed by atoms with van der Waals surface area (Å²) in [6.07, 6.45) is 1.03. The first-order chi connectivity index (χ1) is 13.7. The lowest BCUT2D eigenvalue weighted by Crippen LogP contribution is -2.08. The Morgan fingerprint density at radius 2 is 2.00 bits per heavy atom. The van der Waals surface area contributed by atoms with E-state index in [4.69, 9.17) is 4.74 Å². The van der Waals surface area contributed by atoms with Gasteiger partial charge in [0.2, 0.25) is 0 Å². The van der Waals surface area contributed by atoms with Crippen LogP contribution in [0, 0.1) is 0 Å². The fraction of sp³-hybridized carbons (Fsp3) is 0.353. The van der Waals surface area contributed by atoms with Crippen molar-refractivity contribution in [2.24, 2.45) is 0 Å². The molecule has 0 aromatic carbocycles. The summed E-state index contributed by atoms with van der Waals surface area (Å²) in [4.78, 5) is 11.6. The van der Waals surface area contributed by atoms with Crippen molar-refractivity contribution in [1.82, 2.24) is 19.4 Å². The number of pyridine rings is 1. The predicted molar refractivity (Wildman–Crippen MR) is 103 cm³/mol. The molecule has 0 aliphatic carbocycles. The van der Waals surface area contributed by atoms with Crippen molar-refractivity contribution < 1.29 is 26.3 Å². The number of alkyl halides is 3. The largest absolute Gasteiger partial charge is 0.491 e. The molecule has 156 valence electrons. The Hall–Kier alpha value is -2.34. The predicted octanol–water partition coefficient (Wildman–Crippen LogP) is 3.35. The summed E-state index contributed by atoms with van der Waals surface area (Å²) in [5.41, 5.74) is -0.950. The maximum atomic E-state index is 12.9. The van der Waals surface area contributed by atoms with Gasteiger partial charge in [0.25, 0.3) is 0 Å². The molecule has 0 N–H and O–H groups in total. The van der Waals surface area contributed by atoms with Crippen LogP contribution in [-0.2, 0) is 16.0 Å². The molecule has 0 amide bonds. The molecule has 0 aliphatic heterocycles. The zero-order chi connectivity index (χ0) is 21.2. The van der Waals surface area contributed by atoms with Gasteiger partial charge in [-0.1, -0.05) is 6.92 Å². The minimum atomic E-state index is -4.61. The normalized spacial score (nSPS) is 12.4. The summed E-state index contributed by atoms with van der Waals surface area (Å²) in [5.74, 6) is 0.835. The number of hydrogen-bond acceptors (Lipinski definition) is 7. The molecule has 12 heteroatoms. The Balaban J connectivity index is 2.09. The number of aromatic nitrogens is 4. The minimum Gasteiger partial charge on any atom is -0.491 e. The SMILES string of the molecule is CCS(=O)(=O)c1cc(OCCSC)cnc1-c1cn2cnc(C(F)(F)F)cc2n1. The second kappa shape index (κ2) is 8.19. The third-order valence-corrected chi connectivity index (χ3v) is 6.30. The highest BCUT2D eigenvalue weighted by molar-refractivity contribution is 7.98. The van der Waals surface area contributed by atoms with Gasteiger partial charge in [0.1, 0.15) is 34.8 Å². The summed E-state index contributed by atoms with van der Waals surface area (Å²) in [7, 11) is -3.69. The molecular formula is C17H17F3N4O3S2. The summed E-state index contributed by atoms with van der Waals surface area (Å²) in [6.45, 7) is 1.87. The molecule has 3 aromatic heterocycles. The molecule has 0 saturated carbocycles. The molecule has 29 heavy (non-hydrogen) atoms. The maximum Gasteiger partial charge on any atom is 0.433 e. The smallest absolute Gasteiger partial charge is 0.433 e. The van der Waals surface area contributed by atoms with Gasteiger partial charge in [0.15, 0.2) is 9.84 Å². The van der Waals surface area contributed by atoms with Crippen LogP contribution in [0.15, 0.2) is 35.7 Å². The van der Waals surface area contributed by atoms with Gasteiger partial charge in [0.05, 0.1) is 23.5 Å². The van der Waals surface area contributed by atoms with Crippen LogP contribution in [0.5, 0.6) is 5.75 Å². The van der Waals surface area contributed by atoms with E-state index in [0.29, 0.717) is 12.4 Å². The van der Waals surface area contributed by atoms with Gasteiger partial charge < -0.3 is 4.74 Å². The zero-order valence-electron chi connectivity index (χ0n) is 15.5. The second-order valence-electron chi connectivity index (χ2n) is 5.93. The first-order valence-electron chi connectivity index (χ1n) is 8.42. The Labute approximate surface area is 169 Å². The van der Waals surface area contributed by atoms with E-state index in [0.717, 1.165) is 18.1 Å². The zero-order valence-corrected chi connectivity index (χ0v) is 17.1. The molecule has 0 atom stereocenters. The number of thioether (sulfide) groups is 1. The molecule has 0 spiro atoms. The highest BCUT2D eigenvalue weighted by atomic mass is 32.2. The van der Waals surface area contributed by atoms with Gasteiger partial charge in [-0.3, -0.25) is 4.40 Å². The summed E-state index contributed by atoms with van der Waals surface area (Å²) >= 11 is 1.58. The summed E-state index contributed by atoms with van der Waals surface area (Å²) in [6, 6.07) is 2.16. The van der Waals surface area contributed by atoms with Gasteiger partial charge in [-0.05, 0) is 6.26 Å². The van der Waals surface area contributed by atoms with Gasteiger partial charge in [-0.2, -0.15) is 24.9 Å². The molecule has 0 bridgehead atoms. The Morgan fingerprint density at radius 1 is 1.24 bits per heavy atom. The quantitative estimate of drug-likeness (QED) is 0.515. The Morgan fingerprint density at radius 3 is 2.66 bits per heavy atom. The molecule has 0 radical (unpaired) electrons. The van der Waals surface area contributed by atoms with Crippen LogP contribution in [0.4, 0.5) is 13.2 Å². The molecular weight excluding hydrogens is 429 g/mol. The van der Waals surface area contributed by atoms with E-state index in [1.807, 2.05) is 6.26 Å². The van der Waals surface area contributed by atoms with E-state index in [9.17, 15) is 21.6 Å². The highest BCUT2D eigenvalue weighted by Gasteiger charge is 2.33. The van der Waals surface area contributed by atoms with Crippen molar-refractivity contribution in [2.45, 2.75) is 18.0 Å². The molecule has 0 aliphatic rings. The third-order valence-electron chi connectivity index (χ3n) is 3.98. The second-order valence-corrected chi connectivity index (χ2v) is 9.16. The molecule has 0 unspecified atom stereocenters. The monoisotopic (exact) mass is 446 g/mol. The molecule has 0 saturated heterocycles. The standard InChI is InChI=1S/C17H17F3N4O3S2/c1-3-29(25,26)13-6-11(27-4-5-28-2)8-21-16(13)12-9-24-10-22-14(17(18,19)20)7-15(24)23-12/h6-10H,3-5H2,1-2H3. The summed E-state index contributed by atoms with van der Waals surface area (Å²) < 4.78 is 70.6. The van der Waals surface area contributed by atoms with Crippen LogP contribution in [0.25, 0.3) is 17.0 Å². The van der Waals surface area contributed by atoms with Crippen LogP contribution in [0.2, 0.25) is 0 Å². The van der Waals surface area contributed by atoms with Crippen LogP contribution >= 0.6 is 11.8 Å². The lowest BCUT2D eigenvalue weighted by Gasteiger charge is -2.10. The average Bonchev–Trinajstić information content (AvgIpc) is 3.10. The number of sulfone groups is 1. The van der Waals surface area contributed by atoms with Crippen molar-refractivity contribution >= 4 is 27.2 Å². The topological polar surface area (TPSA) is 86.5 Å². The first-order valence-corrected chi connectivity index (χ1v) is 11.5. The fourth-order valence-corrected chi connectivity index (χ4v) is 3.80. The number of hydrogen-bond donors (Lipinski definition) is 0. The highest BCUT2D eigenvalue weighted by Crippen LogP contribution is 2.31. The van der Waals surface area contributed by atoms with E-state index in [1.54, 1.807) is 11.8 Å². The average molecular weight is 446 g/mol. The van der Waals surface area contributed by atoms with Crippen molar-refractivity contribution in [2.75, 3.05) is 24.4 Å². The minimum absolute atomic E-state index is 0.0238. The van der Waals surface area contributed by atoms with Crippen LogP contribution in [-0.4, -0.2) is 52.1 Å². The molecule has 3 heterocycles. The first kappa shape index (κ1) is 21.4. The van der Waals surface area contributed by atoms with Crippen molar-refractivity contribution in [1.29, 1.82) is 0 Å². The third kappa shape index (κ3) is 4.64. The lowest BCUT2D eigenvalue weighted by molar-refractivity contribution is -0.141. The number of fused-ring (bicyclic) bond motifs is 1. The number of nitrogens with zero attached hydrogens (tertiary/aromatic N) is 4. The summed E-state index contributed by atoms with van der Waals surface area (Å²) in [5, 5.41) is 0. The lowest BCUT2D eigenvalue weighted by atomic mass is 10.3. The Bertz CT molecular complexity index is 1130. The number of imidazole rings is 1. The molecule has 0 fully saturated rings. The van der Waals surface area contributed by atoms with Crippen molar-refractivity contribution in [3.63, 3.8) is 0 Å². The van der Waals surface area contributed by atoms with Crippen LogP contribution in [0.1, 0.15) is 12.6 Å². The van der Waals surface area contributed by atoms with E-state index >= 15 is 0 Å². The van der Waals surface area contributed by atoms with E-state index < -0.39 is 21.7 Å².